The zero-order valence-electron chi connectivity index (χ0n) is 14.8. The van der Waals surface area contributed by atoms with Gasteiger partial charge in [-0.3, -0.25) is 9.59 Å². The van der Waals surface area contributed by atoms with E-state index in [2.05, 4.69) is 10.4 Å². The topological polar surface area (TPSA) is 85.5 Å². The number of pyridine rings is 1. The molecule has 3 aromatic rings. The van der Waals surface area contributed by atoms with Gasteiger partial charge in [-0.05, 0) is 42.3 Å². The molecule has 2 aromatic heterocycles. The van der Waals surface area contributed by atoms with Gasteiger partial charge in [-0.25, -0.2) is 9.20 Å². The van der Waals surface area contributed by atoms with Crippen molar-refractivity contribution >= 4 is 17.3 Å². The van der Waals surface area contributed by atoms with Crippen molar-refractivity contribution < 1.29 is 22.8 Å². The molecule has 1 atom stereocenters. The molecule has 0 aliphatic heterocycles. The second kappa shape index (κ2) is 6.95. The second-order valence-electron chi connectivity index (χ2n) is 6.16. The zero-order chi connectivity index (χ0) is 20.6. The van der Waals surface area contributed by atoms with Crippen LogP contribution in [-0.2, 0) is 15.8 Å². The van der Waals surface area contributed by atoms with Crippen LogP contribution in [0.15, 0.2) is 47.4 Å². The molecular weight excluding hydrogens is 377 g/mol. The summed E-state index contributed by atoms with van der Waals surface area (Å²) in [4.78, 5) is 35.7. The Hall–Kier alpha value is -3.43. The molecule has 0 bridgehead atoms. The summed E-state index contributed by atoms with van der Waals surface area (Å²) in [5.41, 5.74) is -0.266. The fraction of sp³-hybridized carbons (Fsp3) is 0.222. The third kappa shape index (κ3) is 3.66. The number of ketones is 1. The van der Waals surface area contributed by atoms with Crippen LogP contribution in [0.4, 0.5) is 13.2 Å². The van der Waals surface area contributed by atoms with Crippen molar-refractivity contribution in [3.05, 3.63) is 58.6 Å². The molecule has 3 rings (SSSR count). The molecule has 0 aliphatic rings. The fourth-order valence-corrected chi connectivity index (χ4v) is 2.71. The largest absolute Gasteiger partial charge is 0.416 e. The number of Topliss-reactive ketones (excluding diaryl/α,β-unsaturated/α-hetero) is 1. The second-order valence-corrected chi connectivity index (χ2v) is 6.16. The first-order chi connectivity index (χ1) is 13.1. The number of carbonyl (C=O) groups excluding carboxylic acids is 2. The van der Waals surface area contributed by atoms with Gasteiger partial charge in [0.2, 0.25) is 5.91 Å². The molecular formula is C18H15F3N4O3. The number of rotatable bonds is 4. The Morgan fingerprint density at radius 1 is 1.04 bits per heavy atom. The predicted molar refractivity (Wildman–Crippen MR) is 93.4 cm³/mol. The minimum absolute atomic E-state index is 0.220. The lowest BCUT2D eigenvalue weighted by Gasteiger charge is -2.13. The lowest BCUT2D eigenvalue weighted by atomic mass is 10.1. The third-order valence-electron chi connectivity index (χ3n) is 4.05. The minimum atomic E-state index is -4.44. The number of benzene rings is 1. The molecule has 7 nitrogen and oxygen atoms in total. The van der Waals surface area contributed by atoms with E-state index in [1.54, 1.807) is 6.07 Å². The number of amides is 1. The molecule has 0 saturated heterocycles. The van der Waals surface area contributed by atoms with Crippen LogP contribution in [0.25, 0.3) is 16.8 Å². The Morgan fingerprint density at radius 2 is 1.64 bits per heavy atom. The van der Waals surface area contributed by atoms with Crippen LogP contribution in [0, 0.1) is 0 Å². The third-order valence-corrected chi connectivity index (χ3v) is 4.05. The number of halogens is 3. The van der Waals surface area contributed by atoms with E-state index in [0.717, 1.165) is 21.2 Å². The highest BCUT2D eigenvalue weighted by atomic mass is 19.4. The van der Waals surface area contributed by atoms with Crippen molar-refractivity contribution in [2.24, 2.45) is 0 Å². The van der Waals surface area contributed by atoms with E-state index in [1.165, 1.54) is 38.2 Å². The quantitative estimate of drug-likeness (QED) is 0.739. The molecule has 2 heterocycles. The Morgan fingerprint density at radius 3 is 2.18 bits per heavy atom. The number of fused-ring (bicyclic) bond motifs is 1. The van der Waals surface area contributed by atoms with Crippen LogP contribution in [0.3, 0.4) is 0 Å². The maximum Gasteiger partial charge on any atom is 0.416 e. The maximum absolute atomic E-state index is 12.7. The molecule has 0 spiro atoms. The summed E-state index contributed by atoms with van der Waals surface area (Å²) >= 11 is 0. The molecule has 0 saturated carbocycles. The number of nitrogens with one attached hydrogen (secondary N) is 1. The first-order valence-corrected chi connectivity index (χ1v) is 8.14. The van der Waals surface area contributed by atoms with Gasteiger partial charge in [0.15, 0.2) is 17.6 Å². The van der Waals surface area contributed by atoms with E-state index >= 15 is 0 Å². The highest BCUT2D eigenvalue weighted by molar-refractivity contribution is 5.84. The van der Waals surface area contributed by atoms with Crippen LogP contribution in [0.5, 0.6) is 0 Å². The number of aromatic nitrogens is 3. The molecule has 28 heavy (non-hydrogen) atoms. The van der Waals surface area contributed by atoms with E-state index in [-0.39, 0.29) is 5.65 Å². The summed E-state index contributed by atoms with van der Waals surface area (Å²) < 4.78 is 40.1. The van der Waals surface area contributed by atoms with E-state index in [4.69, 9.17) is 0 Å². The van der Waals surface area contributed by atoms with E-state index in [9.17, 15) is 27.6 Å². The first-order valence-electron chi connectivity index (χ1n) is 8.14. The molecule has 146 valence electrons. The summed E-state index contributed by atoms with van der Waals surface area (Å²) in [6.07, 6.45) is -4.28. The average molecular weight is 392 g/mol. The average Bonchev–Trinajstić information content (AvgIpc) is 2.94. The van der Waals surface area contributed by atoms with Crippen molar-refractivity contribution in [3.63, 3.8) is 0 Å². The van der Waals surface area contributed by atoms with Crippen LogP contribution in [0.2, 0.25) is 0 Å². The van der Waals surface area contributed by atoms with Crippen molar-refractivity contribution in [2.75, 3.05) is 0 Å². The van der Waals surface area contributed by atoms with Gasteiger partial charge in [0.05, 0.1) is 5.56 Å². The van der Waals surface area contributed by atoms with Crippen molar-refractivity contribution in [3.8, 4) is 11.1 Å². The van der Waals surface area contributed by atoms with E-state index < -0.39 is 35.3 Å². The molecule has 1 aromatic carbocycles. The number of nitrogens with zero attached hydrogens (tertiary/aromatic N) is 3. The summed E-state index contributed by atoms with van der Waals surface area (Å²) in [5, 5.41) is 6.41. The number of hydrogen-bond donors (Lipinski definition) is 1. The Bertz CT molecular complexity index is 1110. The summed E-state index contributed by atoms with van der Waals surface area (Å²) in [6.45, 7) is 2.42. The molecule has 10 heteroatoms. The van der Waals surface area contributed by atoms with Gasteiger partial charge in [-0.15, -0.1) is 5.10 Å². The maximum atomic E-state index is 12.7. The zero-order valence-corrected chi connectivity index (χ0v) is 14.8. The Balaban J connectivity index is 2.05. The van der Waals surface area contributed by atoms with Crippen molar-refractivity contribution in [1.82, 2.24) is 19.5 Å². The monoisotopic (exact) mass is 392 g/mol. The normalized spacial score (nSPS) is 12.8. The van der Waals surface area contributed by atoms with Crippen LogP contribution in [0.1, 0.15) is 25.6 Å². The first kappa shape index (κ1) is 19.3. The molecule has 1 amide bonds. The van der Waals surface area contributed by atoms with Gasteiger partial charge >= 0.3 is 11.9 Å². The van der Waals surface area contributed by atoms with Crippen molar-refractivity contribution in [2.45, 2.75) is 26.2 Å². The van der Waals surface area contributed by atoms with Gasteiger partial charge < -0.3 is 5.32 Å². The predicted octanol–water partition coefficient (Wildman–Crippen LogP) is 2.41. The highest BCUT2D eigenvalue weighted by Gasteiger charge is 2.30. The lowest BCUT2D eigenvalue weighted by molar-refractivity contribution is -0.137. The minimum Gasteiger partial charge on any atom is -0.328 e. The van der Waals surface area contributed by atoms with Gasteiger partial charge in [0.25, 0.3) is 0 Å². The van der Waals surface area contributed by atoms with Gasteiger partial charge in [0.1, 0.15) is 0 Å². The van der Waals surface area contributed by atoms with Crippen LogP contribution >= 0.6 is 0 Å². The standard InChI is InChI=1S/C18H15F3N4O3/c1-10(26)16(22-11(2)27)25-17(28)24-9-13(5-8-15(24)23-25)12-3-6-14(7-4-12)18(19,20)21/h3-9,16H,1-2H3,(H,22,27). The van der Waals surface area contributed by atoms with Gasteiger partial charge in [-0.2, -0.15) is 17.9 Å². The SMILES string of the molecule is CC(=O)NC(C(C)=O)n1nc2ccc(-c3ccc(C(F)(F)F)cc3)cn2c1=O. The molecule has 0 radical (unpaired) electrons. The number of alkyl halides is 3. The number of carbonyl (C=O) groups is 2. The van der Waals surface area contributed by atoms with Gasteiger partial charge in [0, 0.05) is 13.1 Å². The highest BCUT2D eigenvalue weighted by Crippen LogP contribution is 2.30. The van der Waals surface area contributed by atoms with Gasteiger partial charge in [-0.1, -0.05) is 12.1 Å². The molecule has 1 unspecified atom stereocenters. The fourth-order valence-electron chi connectivity index (χ4n) is 2.71. The van der Waals surface area contributed by atoms with Crippen molar-refractivity contribution in [1.29, 1.82) is 0 Å². The number of hydrogen-bond acceptors (Lipinski definition) is 4. The Kier molecular flexibility index (Phi) is 4.80. The summed E-state index contributed by atoms with van der Waals surface area (Å²) in [7, 11) is 0. The lowest BCUT2D eigenvalue weighted by Crippen LogP contribution is -2.41. The summed E-state index contributed by atoms with van der Waals surface area (Å²) in [5.74, 6) is -0.988. The van der Waals surface area contributed by atoms with Crippen LogP contribution < -0.4 is 11.0 Å². The molecule has 0 aliphatic carbocycles. The van der Waals surface area contributed by atoms with E-state index in [1.807, 2.05) is 0 Å². The van der Waals surface area contributed by atoms with Crippen LogP contribution in [-0.4, -0.2) is 25.9 Å². The molecule has 1 N–H and O–H groups in total. The summed E-state index contributed by atoms with van der Waals surface area (Å²) in [6, 6.07) is 7.60. The smallest absolute Gasteiger partial charge is 0.328 e. The Labute approximate surface area is 156 Å². The van der Waals surface area contributed by atoms with E-state index in [0.29, 0.717) is 11.1 Å². The molecule has 0 fully saturated rings.